The minimum atomic E-state index is -1.11. The van der Waals surface area contributed by atoms with Crippen molar-refractivity contribution in [2.45, 2.75) is 25.4 Å². The molecule has 37 heavy (non-hydrogen) atoms. The average molecular weight is 499 g/mol. The van der Waals surface area contributed by atoms with E-state index >= 15 is 0 Å². The number of carbonyl (C=O) groups excluding carboxylic acids is 2. The Morgan fingerprint density at radius 2 is 1.51 bits per heavy atom. The summed E-state index contributed by atoms with van der Waals surface area (Å²) in [6, 6.07) is 25.4. The van der Waals surface area contributed by atoms with E-state index < -0.39 is 5.54 Å². The van der Waals surface area contributed by atoms with Gasteiger partial charge in [0.25, 0.3) is 5.91 Å². The van der Waals surface area contributed by atoms with E-state index in [4.69, 9.17) is 4.74 Å². The van der Waals surface area contributed by atoms with E-state index in [1.165, 1.54) is 16.0 Å². The van der Waals surface area contributed by atoms with Crippen molar-refractivity contribution in [3.63, 3.8) is 0 Å². The van der Waals surface area contributed by atoms with Crippen LogP contribution in [0.2, 0.25) is 0 Å². The van der Waals surface area contributed by atoms with Gasteiger partial charge in [-0.1, -0.05) is 78.4 Å². The first-order valence-electron chi connectivity index (χ1n) is 12.8. The van der Waals surface area contributed by atoms with E-state index in [9.17, 15) is 9.59 Å². The highest BCUT2D eigenvalue weighted by Crippen LogP contribution is 2.33. The second-order valence-electron chi connectivity index (χ2n) is 9.95. The predicted molar refractivity (Wildman–Crippen MR) is 143 cm³/mol. The quantitative estimate of drug-likeness (QED) is 0.479. The number of piperazine rings is 1. The van der Waals surface area contributed by atoms with Crippen LogP contribution in [0.3, 0.4) is 0 Å². The summed E-state index contributed by atoms with van der Waals surface area (Å²) in [6.07, 6.45) is 0.408. The van der Waals surface area contributed by atoms with E-state index in [-0.39, 0.29) is 18.6 Å². The van der Waals surface area contributed by atoms with Gasteiger partial charge in [0.1, 0.15) is 5.75 Å². The van der Waals surface area contributed by atoms with Crippen LogP contribution < -0.4 is 10.1 Å². The van der Waals surface area contributed by atoms with Crippen LogP contribution in [0.25, 0.3) is 0 Å². The van der Waals surface area contributed by atoms with Crippen LogP contribution in [0.1, 0.15) is 22.3 Å². The van der Waals surface area contributed by atoms with E-state index in [1.807, 2.05) is 66.7 Å². The van der Waals surface area contributed by atoms with E-state index in [0.29, 0.717) is 6.42 Å². The Bertz CT molecular complexity index is 1240. The zero-order valence-electron chi connectivity index (χ0n) is 21.5. The molecule has 7 nitrogen and oxygen atoms in total. The number of methoxy groups -OCH3 is 1. The molecule has 2 saturated heterocycles. The maximum Gasteiger partial charge on any atom is 0.326 e. The van der Waals surface area contributed by atoms with E-state index in [0.717, 1.165) is 49.6 Å². The van der Waals surface area contributed by atoms with Crippen LogP contribution in [0.15, 0.2) is 78.9 Å². The number of hydrogen-bond donors (Lipinski definition) is 1. The number of nitrogens with zero attached hydrogens (tertiary/aromatic N) is 3. The first-order chi connectivity index (χ1) is 18.0. The molecule has 0 radical (unpaired) electrons. The summed E-state index contributed by atoms with van der Waals surface area (Å²) in [7, 11) is 1.71. The molecule has 0 spiro atoms. The maximum absolute atomic E-state index is 13.9. The molecule has 0 saturated carbocycles. The third kappa shape index (κ3) is 5.24. The number of nitrogens with one attached hydrogen (secondary N) is 1. The molecule has 2 fully saturated rings. The predicted octanol–water partition coefficient (Wildman–Crippen LogP) is 3.77. The zero-order valence-corrected chi connectivity index (χ0v) is 21.5. The lowest BCUT2D eigenvalue weighted by Crippen LogP contribution is -2.51. The number of imide groups is 1. The van der Waals surface area contributed by atoms with Crippen molar-refractivity contribution in [3.8, 4) is 5.75 Å². The van der Waals surface area contributed by atoms with Crippen LogP contribution in [0, 0.1) is 6.92 Å². The van der Waals surface area contributed by atoms with Crippen LogP contribution in [-0.2, 0) is 23.3 Å². The number of hydrogen-bond acceptors (Lipinski definition) is 5. The molecular formula is C30H34N4O3. The van der Waals surface area contributed by atoms with Gasteiger partial charge in [-0.25, -0.2) is 9.69 Å². The van der Waals surface area contributed by atoms with Crippen molar-refractivity contribution in [2.24, 2.45) is 0 Å². The van der Waals surface area contributed by atoms with Crippen molar-refractivity contribution >= 4 is 11.9 Å². The number of rotatable bonds is 8. The second-order valence-corrected chi connectivity index (χ2v) is 9.95. The topological polar surface area (TPSA) is 65.1 Å². The Hall–Kier alpha value is -3.68. The van der Waals surface area contributed by atoms with Gasteiger partial charge >= 0.3 is 6.03 Å². The van der Waals surface area contributed by atoms with Crippen LogP contribution in [-0.4, -0.2) is 66.6 Å². The fraction of sp³-hybridized carbons (Fsp3) is 0.333. The van der Waals surface area contributed by atoms with Gasteiger partial charge in [-0.05, 0) is 24.1 Å². The van der Waals surface area contributed by atoms with Crippen LogP contribution in [0.5, 0.6) is 5.75 Å². The van der Waals surface area contributed by atoms with E-state index in [2.05, 4.69) is 34.2 Å². The Kier molecular flexibility index (Phi) is 7.26. The molecule has 2 heterocycles. The van der Waals surface area contributed by atoms with Crippen molar-refractivity contribution < 1.29 is 14.3 Å². The molecule has 3 aromatic rings. The summed E-state index contributed by atoms with van der Waals surface area (Å²) >= 11 is 0. The molecule has 0 aromatic heterocycles. The van der Waals surface area contributed by atoms with Crippen molar-refractivity contribution in [3.05, 3.63) is 101 Å². The van der Waals surface area contributed by atoms with Crippen molar-refractivity contribution in [1.82, 2.24) is 20.0 Å². The highest BCUT2D eigenvalue weighted by Gasteiger charge is 2.52. The van der Waals surface area contributed by atoms with Crippen molar-refractivity contribution in [2.75, 3.05) is 40.0 Å². The lowest BCUT2D eigenvalue weighted by atomic mass is 9.83. The third-order valence-corrected chi connectivity index (χ3v) is 7.39. The van der Waals surface area contributed by atoms with Gasteiger partial charge in [0, 0.05) is 44.7 Å². The second kappa shape index (κ2) is 10.7. The zero-order chi connectivity index (χ0) is 25.8. The van der Waals surface area contributed by atoms with Gasteiger partial charge in [-0.15, -0.1) is 0 Å². The molecule has 0 bridgehead atoms. The Balaban J connectivity index is 1.27. The molecular weight excluding hydrogens is 464 g/mol. The van der Waals surface area contributed by atoms with Gasteiger partial charge in [-0.2, -0.15) is 0 Å². The fourth-order valence-electron chi connectivity index (χ4n) is 5.36. The molecule has 0 unspecified atom stereocenters. The number of amides is 3. The highest BCUT2D eigenvalue weighted by molar-refractivity contribution is 6.07. The Labute approximate surface area is 218 Å². The summed E-state index contributed by atoms with van der Waals surface area (Å²) < 4.78 is 5.55. The fourth-order valence-corrected chi connectivity index (χ4v) is 5.36. The molecule has 5 rings (SSSR count). The molecule has 1 atom stereocenters. The molecule has 0 aliphatic carbocycles. The molecule has 1 N–H and O–H groups in total. The van der Waals surface area contributed by atoms with Gasteiger partial charge in [0.05, 0.1) is 13.8 Å². The van der Waals surface area contributed by atoms with Gasteiger partial charge in [0.15, 0.2) is 5.54 Å². The Morgan fingerprint density at radius 3 is 2.19 bits per heavy atom. The molecule has 2 aliphatic rings. The average Bonchev–Trinajstić information content (AvgIpc) is 3.16. The summed E-state index contributed by atoms with van der Waals surface area (Å²) in [6.45, 7) is 6.46. The number of ether oxygens (including phenoxy) is 1. The molecule has 3 aromatic carbocycles. The summed E-state index contributed by atoms with van der Waals surface area (Å²) in [5.74, 6) is 0.711. The monoisotopic (exact) mass is 498 g/mol. The first-order valence-corrected chi connectivity index (χ1v) is 12.8. The minimum Gasteiger partial charge on any atom is -0.496 e. The maximum atomic E-state index is 13.9. The SMILES string of the molecule is COc1ccc(C)cc1CN1CCN(CN2C(=O)N[C@@](Cc3ccccc3)(c3ccccc3)C2=O)CC1. The van der Waals surface area contributed by atoms with Gasteiger partial charge in [-0.3, -0.25) is 14.6 Å². The smallest absolute Gasteiger partial charge is 0.326 e. The number of aryl methyl sites for hydroxylation is 1. The minimum absolute atomic E-state index is 0.195. The first kappa shape index (κ1) is 25.0. The largest absolute Gasteiger partial charge is 0.496 e. The molecule has 7 heteroatoms. The third-order valence-electron chi connectivity index (χ3n) is 7.39. The van der Waals surface area contributed by atoms with Crippen LogP contribution >= 0.6 is 0 Å². The summed E-state index contributed by atoms with van der Waals surface area (Å²) in [5.41, 5.74) is 3.09. The Morgan fingerprint density at radius 1 is 0.865 bits per heavy atom. The van der Waals surface area contributed by atoms with Crippen molar-refractivity contribution in [1.29, 1.82) is 0 Å². The number of urea groups is 1. The standard InChI is InChI=1S/C30H34N4O3/c1-23-13-14-27(37-2)25(19-23)21-32-15-17-33(18-16-32)22-34-28(35)30(31-29(34)36,26-11-7-4-8-12-26)20-24-9-5-3-6-10-24/h3-14,19H,15-18,20-22H2,1-2H3,(H,31,36)/t30-/m0/s1. The normalized spacial score (nSPS) is 20.8. The number of carbonyl (C=O) groups is 2. The van der Waals surface area contributed by atoms with Gasteiger partial charge in [0.2, 0.25) is 0 Å². The number of benzene rings is 3. The molecule has 3 amide bonds. The summed E-state index contributed by atoms with van der Waals surface area (Å²) in [4.78, 5) is 33.1. The van der Waals surface area contributed by atoms with Gasteiger partial charge < -0.3 is 10.1 Å². The molecule has 2 aliphatic heterocycles. The van der Waals surface area contributed by atoms with E-state index in [1.54, 1.807) is 7.11 Å². The lowest BCUT2D eigenvalue weighted by Gasteiger charge is -2.36. The van der Waals surface area contributed by atoms with Crippen LogP contribution in [0.4, 0.5) is 4.79 Å². The summed E-state index contributed by atoms with van der Waals surface area (Å²) in [5, 5.41) is 3.07. The highest BCUT2D eigenvalue weighted by atomic mass is 16.5. The molecule has 192 valence electrons. The lowest BCUT2D eigenvalue weighted by molar-refractivity contribution is -0.133.